The number of hydrogen-bond acceptors (Lipinski definition) is 4. The topological polar surface area (TPSA) is 76.9 Å². The van der Waals surface area contributed by atoms with Crippen molar-refractivity contribution in [2.24, 2.45) is 0 Å². The van der Waals surface area contributed by atoms with E-state index in [1.165, 1.54) is 12.3 Å². The first-order valence-electron chi connectivity index (χ1n) is 6.58. The van der Waals surface area contributed by atoms with Gasteiger partial charge in [-0.05, 0) is 31.2 Å². The maximum absolute atomic E-state index is 13.1. The van der Waals surface area contributed by atoms with Gasteiger partial charge in [-0.25, -0.2) is 13.6 Å². The van der Waals surface area contributed by atoms with E-state index in [4.69, 9.17) is 0 Å². The molecule has 0 aliphatic carbocycles. The number of pyridine rings is 1. The second kappa shape index (κ2) is 5.56. The Kier molecular flexibility index (Phi) is 3.57. The van der Waals surface area contributed by atoms with E-state index in [1.807, 2.05) is 0 Å². The summed E-state index contributed by atoms with van der Waals surface area (Å²) in [7, 11) is 0. The van der Waals surface area contributed by atoms with E-state index in [0.717, 1.165) is 12.1 Å². The molecule has 0 atom stereocenters. The zero-order valence-corrected chi connectivity index (χ0v) is 11.9. The van der Waals surface area contributed by atoms with Crippen molar-refractivity contribution in [3.8, 4) is 0 Å². The highest BCUT2D eigenvalue weighted by Crippen LogP contribution is 2.13. The summed E-state index contributed by atoms with van der Waals surface area (Å²) in [5.41, 5.74) is -0.0302. The van der Waals surface area contributed by atoms with Crippen LogP contribution in [0.2, 0.25) is 0 Å². The molecule has 0 fully saturated rings. The molecule has 2 heterocycles. The smallest absolute Gasteiger partial charge is 0.306 e. The minimum atomic E-state index is -0.922. The van der Waals surface area contributed by atoms with Crippen LogP contribution >= 0.6 is 0 Å². The van der Waals surface area contributed by atoms with Crippen molar-refractivity contribution < 1.29 is 13.6 Å². The average Bonchev–Trinajstić information content (AvgIpc) is 2.50. The molecule has 0 saturated heterocycles. The summed E-state index contributed by atoms with van der Waals surface area (Å²) < 4.78 is 26.9. The summed E-state index contributed by atoms with van der Waals surface area (Å²) in [6.07, 6.45) is 1.51. The molecule has 1 amide bonds. The molecular formula is C15H10F2N4O2. The lowest BCUT2D eigenvalue weighted by atomic mass is 10.2. The highest BCUT2D eigenvalue weighted by atomic mass is 19.1. The van der Waals surface area contributed by atoms with E-state index < -0.39 is 23.2 Å². The van der Waals surface area contributed by atoms with E-state index in [2.05, 4.69) is 15.4 Å². The van der Waals surface area contributed by atoms with Crippen LogP contribution in [0.5, 0.6) is 0 Å². The Labute approximate surface area is 128 Å². The number of benzene rings is 1. The number of hydrogen-bond donors (Lipinski definition) is 1. The number of nitrogens with zero attached hydrogens (tertiary/aromatic N) is 3. The van der Waals surface area contributed by atoms with Crippen molar-refractivity contribution in [3.63, 3.8) is 0 Å². The number of amides is 1. The number of rotatable bonds is 1. The van der Waals surface area contributed by atoms with Gasteiger partial charge in [0.05, 0.1) is 16.6 Å². The highest BCUT2D eigenvalue weighted by molar-refractivity contribution is 5.92. The number of anilines is 1. The monoisotopic (exact) mass is 316 g/mol. The minimum absolute atomic E-state index is 0.120. The minimum Gasteiger partial charge on any atom is -0.306 e. The Morgan fingerprint density at radius 3 is 2.61 bits per heavy atom. The third-order valence-corrected chi connectivity index (χ3v) is 3.13. The number of carbonyl (C=O) groups is 1. The molecule has 0 aliphatic rings. The lowest BCUT2D eigenvalue weighted by molar-refractivity contribution is 0.249. The third-order valence-electron chi connectivity index (χ3n) is 3.13. The first kappa shape index (κ1) is 14.8. The number of nitrogens with one attached hydrogen (secondary N) is 1. The van der Waals surface area contributed by atoms with Crippen LogP contribution in [-0.4, -0.2) is 20.8 Å². The van der Waals surface area contributed by atoms with Crippen LogP contribution in [0.4, 0.5) is 19.3 Å². The summed E-state index contributed by atoms with van der Waals surface area (Å²) in [4.78, 5) is 28.5. The second-order valence-electron chi connectivity index (χ2n) is 4.79. The van der Waals surface area contributed by atoms with Crippen LogP contribution in [0, 0.1) is 18.6 Å². The predicted molar refractivity (Wildman–Crippen MR) is 79.3 cm³/mol. The molecule has 116 valence electrons. The first-order chi connectivity index (χ1) is 11.0. The number of carbonyl (C=O) groups excluding carboxylic acids is 1. The fraction of sp³-hybridized carbons (Fsp3) is 0.0667. The molecule has 0 radical (unpaired) electrons. The van der Waals surface area contributed by atoms with Crippen LogP contribution in [0.1, 0.15) is 5.69 Å². The Morgan fingerprint density at radius 2 is 1.91 bits per heavy atom. The van der Waals surface area contributed by atoms with Crippen molar-refractivity contribution in [2.45, 2.75) is 6.92 Å². The molecule has 0 bridgehead atoms. The molecule has 0 saturated carbocycles. The van der Waals surface area contributed by atoms with Crippen molar-refractivity contribution in [1.29, 1.82) is 0 Å². The molecule has 2 aromatic heterocycles. The molecule has 1 N–H and O–H groups in total. The van der Waals surface area contributed by atoms with Crippen LogP contribution in [0.3, 0.4) is 0 Å². The van der Waals surface area contributed by atoms with E-state index >= 15 is 0 Å². The zero-order chi connectivity index (χ0) is 16.6. The Hall–Kier alpha value is -3.16. The largest absolute Gasteiger partial charge is 0.349 e. The standard InChI is InChI=1S/C15H10F2N4O2/c1-8-13-12(3-2-4-18-13)14(22)21(20-8)15(23)19-11-6-9(16)5-10(17)7-11/h2-7H,1H3,(H,19,23). The zero-order valence-electron chi connectivity index (χ0n) is 11.9. The fourth-order valence-corrected chi connectivity index (χ4v) is 2.16. The van der Waals surface area contributed by atoms with Gasteiger partial charge in [-0.3, -0.25) is 9.78 Å². The van der Waals surface area contributed by atoms with Gasteiger partial charge < -0.3 is 5.32 Å². The van der Waals surface area contributed by atoms with Crippen LogP contribution in [-0.2, 0) is 0 Å². The van der Waals surface area contributed by atoms with E-state index in [-0.39, 0.29) is 11.1 Å². The fourth-order valence-electron chi connectivity index (χ4n) is 2.16. The molecule has 0 unspecified atom stereocenters. The average molecular weight is 316 g/mol. The Bertz CT molecular complexity index is 965. The van der Waals surface area contributed by atoms with E-state index in [1.54, 1.807) is 13.0 Å². The second-order valence-corrected chi connectivity index (χ2v) is 4.79. The normalized spacial score (nSPS) is 10.7. The predicted octanol–water partition coefficient (Wildman–Crippen LogP) is 2.46. The van der Waals surface area contributed by atoms with Crippen molar-refractivity contribution in [1.82, 2.24) is 14.8 Å². The summed E-state index contributed by atoms with van der Waals surface area (Å²) >= 11 is 0. The van der Waals surface area contributed by atoms with E-state index in [0.29, 0.717) is 22.0 Å². The highest BCUT2D eigenvalue weighted by Gasteiger charge is 2.15. The molecule has 23 heavy (non-hydrogen) atoms. The van der Waals surface area contributed by atoms with Crippen LogP contribution in [0.25, 0.3) is 10.9 Å². The van der Waals surface area contributed by atoms with Gasteiger partial charge in [0.2, 0.25) is 0 Å². The van der Waals surface area contributed by atoms with Gasteiger partial charge in [0.1, 0.15) is 11.6 Å². The molecule has 0 aliphatic heterocycles. The number of aromatic nitrogens is 3. The van der Waals surface area contributed by atoms with E-state index in [9.17, 15) is 18.4 Å². The lowest BCUT2D eigenvalue weighted by Crippen LogP contribution is -2.34. The van der Waals surface area contributed by atoms with Crippen molar-refractivity contribution >= 4 is 22.6 Å². The summed E-state index contributed by atoms with van der Waals surface area (Å²) in [5, 5.41) is 6.34. The third kappa shape index (κ3) is 2.78. The summed E-state index contributed by atoms with van der Waals surface area (Å²) in [6, 6.07) is 4.70. The maximum atomic E-state index is 13.1. The van der Waals surface area contributed by atoms with Crippen LogP contribution < -0.4 is 10.9 Å². The SMILES string of the molecule is Cc1nn(C(=O)Nc2cc(F)cc(F)c2)c(=O)c2cccnc12. The Balaban J connectivity index is 2.04. The molecule has 0 spiro atoms. The molecular weight excluding hydrogens is 306 g/mol. The number of halogens is 2. The quantitative estimate of drug-likeness (QED) is 0.748. The molecule has 8 heteroatoms. The van der Waals surface area contributed by atoms with Crippen molar-refractivity contribution in [2.75, 3.05) is 5.32 Å². The van der Waals surface area contributed by atoms with Gasteiger partial charge in [-0.15, -0.1) is 4.68 Å². The first-order valence-corrected chi connectivity index (χ1v) is 6.58. The maximum Gasteiger partial charge on any atom is 0.349 e. The van der Waals surface area contributed by atoms with Gasteiger partial charge in [0.15, 0.2) is 0 Å². The molecule has 3 aromatic rings. The summed E-state index contributed by atoms with van der Waals surface area (Å²) in [5.74, 6) is -1.70. The van der Waals surface area contributed by atoms with Gasteiger partial charge in [0, 0.05) is 18.0 Å². The Morgan fingerprint density at radius 1 is 1.22 bits per heavy atom. The number of fused-ring (bicyclic) bond motifs is 1. The summed E-state index contributed by atoms with van der Waals surface area (Å²) in [6.45, 7) is 1.60. The van der Waals surface area contributed by atoms with Crippen LogP contribution in [0.15, 0.2) is 41.3 Å². The van der Waals surface area contributed by atoms with Gasteiger partial charge in [-0.1, -0.05) is 0 Å². The van der Waals surface area contributed by atoms with Gasteiger partial charge in [-0.2, -0.15) is 5.10 Å². The molecule has 1 aromatic carbocycles. The lowest BCUT2D eigenvalue weighted by Gasteiger charge is -2.09. The van der Waals surface area contributed by atoms with Crippen molar-refractivity contribution in [3.05, 3.63) is 64.2 Å². The molecule has 6 nitrogen and oxygen atoms in total. The molecule has 3 rings (SSSR count). The number of aryl methyl sites for hydroxylation is 1. The van der Waals surface area contributed by atoms with Gasteiger partial charge >= 0.3 is 6.03 Å². The van der Waals surface area contributed by atoms with Gasteiger partial charge in [0.25, 0.3) is 5.56 Å².